The van der Waals surface area contributed by atoms with E-state index in [0.717, 1.165) is 18.4 Å². The third kappa shape index (κ3) is 2.61. The maximum atomic E-state index is 11.7. The van der Waals surface area contributed by atoms with Crippen LogP contribution in [-0.2, 0) is 21.8 Å². The van der Waals surface area contributed by atoms with Gasteiger partial charge in [-0.25, -0.2) is 9.97 Å². The number of aromatic amines is 1. The molecule has 0 radical (unpaired) electrons. The summed E-state index contributed by atoms with van der Waals surface area (Å²) < 4.78 is 13.8. The van der Waals surface area contributed by atoms with Crippen LogP contribution in [0.25, 0.3) is 11.2 Å². The number of nitrogens with one attached hydrogen (secondary N) is 1. The first kappa shape index (κ1) is 15.0. The van der Waals surface area contributed by atoms with Gasteiger partial charge in [-0.05, 0) is 6.42 Å². The summed E-state index contributed by atoms with van der Waals surface area (Å²) in [6.45, 7) is 1.88. The molecule has 24 heavy (non-hydrogen) atoms. The summed E-state index contributed by atoms with van der Waals surface area (Å²) in [6, 6.07) is 10.0. The van der Waals surface area contributed by atoms with Gasteiger partial charge in [-0.2, -0.15) is 0 Å². The molecular formula is C17H18N4O3. The van der Waals surface area contributed by atoms with Crippen LogP contribution in [0.4, 0.5) is 0 Å². The normalized spacial score (nSPS) is 16.7. The van der Waals surface area contributed by atoms with Crippen molar-refractivity contribution >= 4 is 11.2 Å². The Morgan fingerprint density at radius 3 is 2.75 bits per heavy atom. The minimum absolute atomic E-state index is 0.220. The predicted molar refractivity (Wildman–Crippen MR) is 87.4 cm³/mol. The maximum absolute atomic E-state index is 11.7. The number of imidazole rings is 1. The third-order valence-electron chi connectivity index (χ3n) is 4.28. The second kappa shape index (κ2) is 6.18. The van der Waals surface area contributed by atoms with E-state index in [1.54, 1.807) is 6.33 Å². The van der Waals surface area contributed by atoms with Crippen LogP contribution >= 0.6 is 0 Å². The SMILES string of the molecule is O=c1[nH]cnc2c1ncn2CCCC1(c2ccccc2)OCCO1. The van der Waals surface area contributed by atoms with Gasteiger partial charge >= 0.3 is 0 Å². The van der Waals surface area contributed by atoms with Crippen molar-refractivity contribution in [3.8, 4) is 0 Å². The number of hydrogen-bond acceptors (Lipinski definition) is 5. The number of nitrogens with zero attached hydrogens (tertiary/aromatic N) is 3. The fraction of sp³-hybridized carbons (Fsp3) is 0.353. The van der Waals surface area contributed by atoms with Crippen LogP contribution < -0.4 is 5.56 Å². The van der Waals surface area contributed by atoms with Gasteiger partial charge in [-0.15, -0.1) is 0 Å². The zero-order valence-electron chi connectivity index (χ0n) is 13.1. The predicted octanol–water partition coefficient (Wildman–Crippen LogP) is 1.80. The molecule has 0 amide bonds. The lowest BCUT2D eigenvalue weighted by Gasteiger charge is -2.28. The van der Waals surface area contributed by atoms with Gasteiger partial charge < -0.3 is 19.0 Å². The highest BCUT2D eigenvalue weighted by atomic mass is 16.7. The number of aromatic nitrogens is 4. The highest BCUT2D eigenvalue weighted by molar-refractivity contribution is 5.68. The van der Waals surface area contributed by atoms with E-state index in [1.165, 1.54) is 6.33 Å². The lowest BCUT2D eigenvalue weighted by molar-refractivity contribution is -0.172. The largest absolute Gasteiger partial charge is 0.343 e. The quantitative estimate of drug-likeness (QED) is 0.773. The number of benzene rings is 1. The lowest BCUT2D eigenvalue weighted by atomic mass is 10.0. The molecule has 1 saturated heterocycles. The van der Waals surface area contributed by atoms with Gasteiger partial charge in [0.15, 0.2) is 17.0 Å². The van der Waals surface area contributed by atoms with E-state index in [9.17, 15) is 4.79 Å². The molecule has 1 aliphatic rings. The zero-order valence-corrected chi connectivity index (χ0v) is 13.1. The Balaban J connectivity index is 1.51. The summed E-state index contributed by atoms with van der Waals surface area (Å²) in [6.07, 6.45) is 4.59. The van der Waals surface area contributed by atoms with Crippen LogP contribution in [0.1, 0.15) is 18.4 Å². The lowest BCUT2D eigenvalue weighted by Crippen LogP contribution is -2.27. The first-order valence-corrected chi connectivity index (χ1v) is 8.00. The van der Waals surface area contributed by atoms with Gasteiger partial charge in [0.1, 0.15) is 0 Å². The average molecular weight is 326 g/mol. The Bertz CT molecular complexity index is 881. The molecule has 0 aliphatic carbocycles. The number of rotatable bonds is 5. The highest BCUT2D eigenvalue weighted by Crippen LogP contribution is 2.36. The maximum Gasteiger partial charge on any atom is 0.278 e. The van der Waals surface area contributed by atoms with E-state index in [-0.39, 0.29) is 5.56 Å². The average Bonchev–Trinajstić information content (AvgIpc) is 3.25. The summed E-state index contributed by atoms with van der Waals surface area (Å²) in [5, 5.41) is 0. The number of hydrogen-bond donors (Lipinski definition) is 1. The molecule has 0 unspecified atom stereocenters. The van der Waals surface area contributed by atoms with Crippen LogP contribution in [0.5, 0.6) is 0 Å². The number of H-pyrrole nitrogens is 1. The van der Waals surface area contributed by atoms with Crippen LogP contribution in [0, 0.1) is 0 Å². The topological polar surface area (TPSA) is 82.0 Å². The van der Waals surface area contributed by atoms with Crippen molar-refractivity contribution in [1.29, 1.82) is 0 Å². The summed E-state index contributed by atoms with van der Waals surface area (Å²) in [5.74, 6) is -0.678. The summed E-state index contributed by atoms with van der Waals surface area (Å²) in [5.41, 5.74) is 1.78. The molecule has 1 aromatic carbocycles. The first-order chi connectivity index (χ1) is 11.8. The fourth-order valence-electron chi connectivity index (χ4n) is 3.14. The van der Waals surface area contributed by atoms with Gasteiger partial charge in [-0.3, -0.25) is 4.79 Å². The number of aryl methyl sites for hydroxylation is 1. The second-order valence-corrected chi connectivity index (χ2v) is 5.76. The number of ether oxygens (including phenoxy) is 2. The van der Waals surface area contributed by atoms with Crippen LogP contribution in [0.15, 0.2) is 47.8 Å². The van der Waals surface area contributed by atoms with Crippen molar-refractivity contribution in [2.24, 2.45) is 0 Å². The highest BCUT2D eigenvalue weighted by Gasteiger charge is 2.37. The van der Waals surface area contributed by atoms with Gasteiger partial charge in [-0.1, -0.05) is 30.3 Å². The minimum Gasteiger partial charge on any atom is -0.343 e. The minimum atomic E-state index is -0.678. The van der Waals surface area contributed by atoms with Crippen molar-refractivity contribution in [2.75, 3.05) is 13.2 Å². The van der Waals surface area contributed by atoms with E-state index in [4.69, 9.17) is 9.47 Å². The molecule has 0 atom stereocenters. The number of fused-ring (bicyclic) bond motifs is 1. The molecule has 1 fully saturated rings. The monoisotopic (exact) mass is 326 g/mol. The zero-order chi connectivity index (χ0) is 16.4. The van der Waals surface area contributed by atoms with Crippen molar-refractivity contribution in [3.63, 3.8) is 0 Å². The van der Waals surface area contributed by atoms with Gasteiger partial charge in [0.25, 0.3) is 5.56 Å². The molecule has 4 rings (SSSR count). The van der Waals surface area contributed by atoms with Crippen LogP contribution in [0.3, 0.4) is 0 Å². The molecule has 2 aromatic heterocycles. The Kier molecular flexibility index (Phi) is 3.87. The van der Waals surface area contributed by atoms with E-state index in [0.29, 0.717) is 30.9 Å². The smallest absolute Gasteiger partial charge is 0.278 e. The molecule has 1 N–H and O–H groups in total. The van der Waals surface area contributed by atoms with Crippen LogP contribution in [0.2, 0.25) is 0 Å². The first-order valence-electron chi connectivity index (χ1n) is 8.00. The summed E-state index contributed by atoms with van der Waals surface area (Å²) in [4.78, 5) is 22.6. The van der Waals surface area contributed by atoms with E-state index < -0.39 is 5.79 Å². The Labute approximate surface area is 138 Å². The molecule has 3 heterocycles. The fourth-order valence-corrected chi connectivity index (χ4v) is 3.14. The molecule has 3 aromatic rings. The Morgan fingerprint density at radius 1 is 1.17 bits per heavy atom. The molecule has 0 bridgehead atoms. The molecular weight excluding hydrogens is 308 g/mol. The van der Waals surface area contributed by atoms with Crippen molar-refractivity contribution < 1.29 is 9.47 Å². The van der Waals surface area contributed by atoms with Gasteiger partial charge in [0, 0.05) is 18.5 Å². The molecule has 0 spiro atoms. The van der Waals surface area contributed by atoms with E-state index in [2.05, 4.69) is 15.0 Å². The van der Waals surface area contributed by atoms with Crippen LogP contribution in [-0.4, -0.2) is 32.7 Å². The van der Waals surface area contributed by atoms with Crippen molar-refractivity contribution in [3.05, 3.63) is 58.9 Å². The Morgan fingerprint density at radius 2 is 1.96 bits per heavy atom. The second-order valence-electron chi connectivity index (χ2n) is 5.76. The molecule has 1 aliphatic heterocycles. The third-order valence-corrected chi connectivity index (χ3v) is 4.28. The Hall–Kier alpha value is -2.51. The van der Waals surface area contributed by atoms with Crippen molar-refractivity contribution in [1.82, 2.24) is 19.5 Å². The summed E-state index contributed by atoms with van der Waals surface area (Å²) in [7, 11) is 0. The molecule has 0 saturated carbocycles. The van der Waals surface area contributed by atoms with E-state index >= 15 is 0 Å². The molecule has 7 heteroatoms. The molecule has 7 nitrogen and oxygen atoms in total. The van der Waals surface area contributed by atoms with Crippen molar-refractivity contribution in [2.45, 2.75) is 25.2 Å². The summed E-state index contributed by atoms with van der Waals surface area (Å²) >= 11 is 0. The van der Waals surface area contributed by atoms with Gasteiger partial charge in [0.2, 0.25) is 0 Å². The standard InChI is InChI=1S/C17H18N4O3/c22-16-14-15(18-11-19-16)21(12-20-14)8-4-7-17(23-9-10-24-17)13-5-2-1-3-6-13/h1-3,5-6,11-12H,4,7-10H2,(H,18,19,22). The molecule has 124 valence electrons. The van der Waals surface area contributed by atoms with E-state index in [1.807, 2.05) is 34.9 Å². The van der Waals surface area contributed by atoms with Gasteiger partial charge in [0.05, 0.1) is 25.9 Å².